The average molecular weight is 1990 g/mol. The molecule has 109 heavy (non-hydrogen) atoms. The molecule has 14 aromatic rings. The van der Waals surface area contributed by atoms with Crippen LogP contribution in [0.25, 0.3) is 123 Å². The Morgan fingerprint density at radius 2 is 0.881 bits per heavy atom. The predicted octanol–water partition coefficient (Wildman–Crippen LogP) is 24.3. The van der Waals surface area contributed by atoms with Crippen molar-refractivity contribution in [2.75, 3.05) is 0 Å². The Bertz CT molecular complexity index is 5320. The number of carbonyl (C=O) groups is 3. The minimum absolute atomic E-state index is 0. The monoisotopic (exact) mass is 1990 g/mol. The molecule has 14 nitrogen and oxygen atoms in total. The maximum atomic E-state index is 11.7. The summed E-state index contributed by atoms with van der Waals surface area (Å²) in [5, 5.41) is 31.6. The normalized spacial score (nSPS) is 11.3. The first-order valence-electron chi connectivity index (χ1n) is 35.6. The zero-order chi connectivity index (χ0) is 76.2. The fraction of sp³-hybridized carbons (Fsp3) is 0.228. The molecule has 0 fully saturated rings. The molecule has 0 spiro atoms. The van der Waals surface area contributed by atoms with Crippen molar-refractivity contribution in [2.45, 2.75) is 128 Å². The molecule has 0 saturated carbocycles. The minimum Gasteiger partial charge on any atom is -0.512 e. The van der Waals surface area contributed by atoms with Crippen molar-refractivity contribution in [2.24, 2.45) is 11.8 Å². The van der Waals surface area contributed by atoms with E-state index in [1.54, 1.807) is 0 Å². The molecule has 0 aliphatic rings. The molecule has 0 saturated heterocycles. The van der Waals surface area contributed by atoms with E-state index in [1.165, 1.54) is 51.5 Å². The number of fused-ring (bicyclic) bond motifs is 6. The molecule has 0 unspecified atom stereocenters. The third kappa shape index (κ3) is 24.0. The van der Waals surface area contributed by atoms with Gasteiger partial charge in [-0.25, -0.2) is 4.98 Å². The Hall–Kier alpha value is -10.1. The van der Waals surface area contributed by atoms with Gasteiger partial charge in [0.15, 0.2) is 17.3 Å². The van der Waals surface area contributed by atoms with Gasteiger partial charge in [0.2, 0.25) is 22.9 Å². The summed E-state index contributed by atoms with van der Waals surface area (Å²) in [5.74, 6) is 2.89. The van der Waals surface area contributed by atoms with Gasteiger partial charge in [0, 0.05) is 145 Å². The van der Waals surface area contributed by atoms with Crippen molar-refractivity contribution in [3.05, 3.63) is 276 Å². The van der Waals surface area contributed by atoms with Crippen molar-refractivity contribution in [3.8, 4) is 67.7 Å². The van der Waals surface area contributed by atoms with E-state index in [2.05, 4.69) is 104 Å². The summed E-state index contributed by atoms with van der Waals surface area (Å²) < 4.78 is 24.3. The van der Waals surface area contributed by atoms with Crippen LogP contribution in [0.4, 0.5) is 0 Å². The van der Waals surface area contributed by atoms with Gasteiger partial charge in [0.05, 0.1) is 17.3 Å². The molecular formula is C92H91Ir3N4O10-3. The second kappa shape index (κ2) is 41.5. The molecule has 14 rings (SSSR count). The van der Waals surface area contributed by atoms with Crippen LogP contribution >= 0.6 is 0 Å². The van der Waals surface area contributed by atoms with Gasteiger partial charge in [-0.1, -0.05) is 146 Å². The number of allylic oxidation sites excluding steroid dienone is 6. The molecule has 0 bridgehead atoms. The van der Waals surface area contributed by atoms with Gasteiger partial charge < -0.3 is 33.0 Å². The number of benzene rings is 6. The average Bonchev–Trinajstić information content (AvgIpc) is 1.60. The van der Waals surface area contributed by atoms with Crippen LogP contribution in [0.1, 0.15) is 124 Å². The van der Waals surface area contributed by atoms with Crippen LogP contribution in [-0.4, -0.2) is 52.6 Å². The summed E-state index contributed by atoms with van der Waals surface area (Å²) in [5.41, 5.74) is 16.6. The Labute approximate surface area is 679 Å². The minimum atomic E-state index is -0.125. The van der Waals surface area contributed by atoms with Crippen LogP contribution in [0.15, 0.2) is 253 Å². The number of aromatic nitrogens is 4. The number of hydrogen-bond acceptors (Lipinski definition) is 14. The molecule has 0 aliphatic carbocycles. The van der Waals surface area contributed by atoms with Crippen molar-refractivity contribution < 1.29 is 108 Å². The summed E-state index contributed by atoms with van der Waals surface area (Å²) in [6.45, 7) is 26.5. The van der Waals surface area contributed by atoms with Crippen molar-refractivity contribution in [1.29, 1.82) is 0 Å². The van der Waals surface area contributed by atoms with Crippen LogP contribution in [0.5, 0.6) is 0 Å². The fourth-order valence-electron chi connectivity index (χ4n) is 11.9. The molecule has 0 aliphatic heterocycles. The summed E-state index contributed by atoms with van der Waals surface area (Å²) in [7, 11) is 0. The number of ketones is 3. The second-order valence-electron chi connectivity index (χ2n) is 26.9. The molecule has 3 N–H and O–H groups in total. The topological polar surface area (TPSA) is 216 Å². The number of rotatable bonds is 15. The van der Waals surface area contributed by atoms with E-state index < -0.39 is 0 Å². The molecule has 6 aromatic carbocycles. The van der Waals surface area contributed by atoms with E-state index in [4.69, 9.17) is 32.9 Å². The van der Waals surface area contributed by atoms with Gasteiger partial charge in [0.1, 0.15) is 22.9 Å². The van der Waals surface area contributed by atoms with Crippen molar-refractivity contribution in [1.82, 2.24) is 19.9 Å². The smallest absolute Gasteiger partial charge is 0.227 e. The summed E-state index contributed by atoms with van der Waals surface area (Å²) in [4.78, 5) is 50.3. The third-order valence-electron chi connectivity index (χ3n) is 17.5. The van der Waals surface area contributed by atoms with E-state index in [0.29, 0.717) is 22.9 Å². The van der Waals surface area contributed by atoms with Gasteiger partial charge in [0.25, 0.3) is 0 Å². The van der Waals surface area contributed by atoms with Crippen molar-refractivity contribution in [3.63, 3.8) is 0 Å². The van der Waals surface area contributed by atoms with Crippen LogP contribution in [0.2, 0.25) is 0 Å². The molecule has 8 heterocycles. The Balaban J connectivity index is 0.000000217. The molecular weight excluding hydrogens is 1900 g/mol. The maximum Gasteiger partial charge on any atom is 0.227 e. The molecule has 17 heteroatoms. The Morgan fingerprint density at radius 3 is 1.27 bits per heavy atom. The summed E-state index contributed by atoms with van der Waals surface area (Å²) >= 11 is 0. The third-order valence-corrected chi connectivity index (χ3v) is 17.5. The van der Waals surface area contributed by atoms with Crippen molar-refractivity contribution >= 4 is 72.7 Å². The number of nitrogens with zero attached hydrogens (tertiary/aromatic N) is 4. The first kappa shape index (κ1) is 87.8. The number of aliphatic hydroxyl groups excluding tert-OH is 3. The zero-order valence-electron chi connectivity index (χ0n) is 63.8. The van der Waals surface area contributed by atoms with E-state index >= 15 is 0 Å². The first-order chi connectivity index (χ1) is 50.8. The summed E-state index contributed by atoms with van der Waals surface area (Å²) in [6, 6.07) is 76.3. The van der Waals surface area contributed by atoms with Gasteiger partial charge in [-0.15, -0.1) is 107 Å². The van der Waals surface area contributed by atoms with Crippen LogP contribution in [-0.2, 0) is 80.1 Å². The first-order valence-corrected chi connectivity index (χ1v) is 35.6. The number of pyridine rings is 4. The SMILES string of the molecule is CC(=O)C=C(C)O.CC(=O)C=C(C)O.CC(C)(C)c1c[c-]c(-c2ccc3cc(-c4ccccc4)oc3n2)cc1.CCC(CC)C(=O)C=C(O)C(CC)CC.Cc1ccc2c(n1)oc1c(C)c(-c3cc4ccc(-c5[c-]cccc5)nc4o3)c(C)cc12.[Ir].[Ir].[Ir].[c-]1ccccc1-c1ccc2cc(-c3ccccc3)oc2n1. The van der Waals surface area contributed by atoms with Crippen LogP contribution in [0, 0.1) is 50.8 Å². The van der Waals surface area contributed by atoms with Gasteiger partial charge in [-0.3, -0.25) is 29.3 Å². The standard InChI is InChI=1S/C27H19N2O2.C23H20NO.C19H12NO.C13H24O2.2C5H8O2.3Ir/c1-15-13-21-20-11-9-16(2)28-27(20)31-25(21)17(3)24(15)23-14-19-10-12-22(29-26(19)30-23)18-7-5-4-6-8-18;1-23(2,3)19-12-9-16(10-13-19)20-14-11-18-15-21(25-22(18)24-20)17-7-5-4-6-8-17;1-3-7-14(8-4-1)17-12-11-16-13-18(21-19(16)20-17)15-9-5-2-6-10-15;1-5-10(6-2)12(14)9-13(15)11(7-3)8-4;2*1-4(6)3-5(2)7;;;/h4-7,9-14H,1-3H3;4-9,11-15H,1-3H3;1-7,9-13H;9-11,14H,5-8H2,1-4H3;2*3,6H,1-2H3;;;/q3*-1;;;;;;. The van der Waals surface area contributed by atoms with E-state index in [9.17, 15) is 19.5 Å². The fourth-order valence-corrected chi connectivity index (χ4v) is 11.9. The number of aliphatic hydroxyl groups is 3. The Morgan fingerprint density at radius 1 is 0.450 bits per heavy atom. The van der Waals surface area contributed by atoms with Gasteiger partial charge >= 0.3 is 0 Å². The molecule has 569 valence electrons. The summed E-state index contributed by atoms with van der Waals surface area (Å²) in [6.07, 6.45) is 7.24. The maximum absolute atomic E-state index is 11.7. The number of hydrogen-bond donors (Lipinski definition) is 3. The molecule has 0 atom stereocenters. The molecule has 3 radical (unpaired) electrons. The Kier molecular flexibility index (Phi) is 33.4. The largest absolute Gasteiger partial charge is 0.512 e. The van der Waals surface area contributed by atoms with Gasteiger partial charge in [-0.2, -0.15) is 0 Å². The van der Waals surface area contributed by atoms with Crippen LogP contribution < -0.4 is 0 Å². The van der Waals surface area contributed by atoms with E-state index in [0.717, 1.165) is 143 Å². The zero-order valence-corrected chi connectivity index (χ0v) is 70.9. The molecule has 0 amide bonds. The predicted molar refractivity (Wildman–Crippen MR) is 427 cm³/mol. The number of carbonyl (C=O) groups excluding carboxylic acids is 3. The van der Waals surface area contributed by atoms with E-state index in [-0.39, 0.29) is 112 Å². The second-order valence-corrected chi connectivity index (χ2v) is 26.9. The van der Waals surface area contributed by atoms with Gasteiger partial charge in [-0.05, 0) is 139 Å². The molecule has 8 aromatic heterocycles. The van der Waals surface area contributed by atoms with Crippen LogP contribution in [0.3, 0.4) is 0 Å². The number of furan rings is 4. The van der Waals surface area contributed by atoms with E-state index in [1.807, 2.05) is 198 Å². The quantitative estimate of drug-likeness (QED) is 0.0495. The number of aryl methyl sites for hydroxylation is 3.